The van der Waals surface area contributed by atoms with Crippen LogP contribution >= 0.6 is 0 Å². The summed E-state index contributed by atoms with van der Waals surface area (Å²) in [4.78, 5) is 33.5. The number of likely N-dealkylation sites (tertiary alicyclic amines) is 1. The Kier molecular flexibility index (Phi) is 5.13. The van der Waals surface area contributed by atoms with Gasteiger partial charge in [-0.3, -0.25) is 9.78 Å². The van der Waals surface area contributed by atoms with Crippen molar-refractivity contribution in [1.29, 1.82) is 0 Å². The van der Waals surface area contributed by atoms with E-state index in [4.69, 9.17) is 4.74 Å². The van der Waals surface area contributed by atoms with Crippen LogP contribution in [-0.2, 0) is 0 Å². The van der Waals surface area contributed by atoms with Gasteiger partial charge in [-0.25, -0.2) is 15.0 Å². The van der Waals surface area contributed by atoms with E-state index < -0.39 is 0 Å². The summed E-state index contributed by atoms with van der Waals surface area (Å²) in [7, 11) is 0. The van der Waals surface area contributed by atoms with Gasteiger partial charge in [0.2, 0.25) is 5.88 Å². The third-order valence-electron chi connectivity index (χ3n) is 5.03. The average Bonchev–Trinajstić information content (AvgIpc) is 3.17. The van der Waals surface area contributed by atoms with E-state index in [1.54, 1.807) is 17.4 Å². The fraction of sp³-hybridized carbons (Fsp3) is 0.526. The second-order valence-corrected chi connectivity index (χ2v) is 7.08. The Bertz CT molecular complexity index is 791. The summed E-state index contributed by atoms with van der Waals surface area (Å²) in [6.07, 6.45) is 9.07. The molecule has 8 heteroatoms. The summed E-state index contributed by atoms with van der Waals surface area (Å²) in [5.74, 6) is 1.38. The molecule has 1 amide bonds. The van der Waals surface area contributed by atoms with Crippen molar-refractivity contribution < 1.29 is 9.53 Å². The Hall–Kier alpha value is -2.77. The van der Waals surface area contributed by atoms with Crippen molar-refractivity contribution in [3.63, 3.8) is 0 Å². The molecule has 2 aliphatic heterocycles. The normalized spacial score (nSPS) is 20.0. The molecule has 2 aromatic heterocycles. The highest BCUT2D eigenvalue weighted by molar-refractivity contribution is 5.92. The molecule has 0 aliphatic carbocycles. The quantitative estimate of drug-likeness (QED) is 0.814. The van der Waals surface area contributed by atoms with Gasteiger partial charge in [0.25, 0.3) is 5.91 Å². The molecule has 1 unspecified atom stereocenters. The van der Waals surface area contributed by atoms with Crippen molar-refractivity contribution in [2.45, 2.75) is 38.7 Å². The van der Waals surface area contributed by atoms with Gasteiger partial charge in [-0.15, -0.1) is 0 Å². The topological polar surface area (TPSA) is 84.3 Å². The third-order valence-corrected chi connectivity index (χ3v) is 5.03. The highest BCUT2D eigenvalue weighted by Crippen LogP contribution is 2.23. The van der Waals surface area contributed by atoms with Gasteiger partial charge >= 0.3 is 0 Å². The lowest BCUT2D eigenvalue weighted by Gasteiger charge is -2.27. The monoisotopic (exact) mass is 368 g/mol. The molecule has 0 N–H and O–H groups in total. The highest BCUT2D eigenvalue weighted by Gasteiger charge is 2.29. The Morgan fingerprint density at radius 3 is 2.70 bits per heavy atom. The number of aryl methyl sites for hydroxylation is 1. The first-order valence-electron chi connectivity index (χ1n) is 9.50. The maximum absolute atomic E-state index is 12.6. The zero-order valence-electron chi connectivity index (χ0n) is 15.5. The van der Waals surface area contributed by atoms with Crippen molar-refractivity contribution >= 4 is 11.7 Å². The Morgan fingerprint density at radius 2 is 1.93 bits per heavy atom. The van der Waals surface area contributed by atoms with Crippen molar-refractivity contribution in [2.24, 2.45) is 0 Å². The molecule has 4 rings (SSSR count). The van der Waals surface area contributed by atoms with Crippen LogP contribution in [0.2, 0.25) is 0 Å². The largest absolute Gasteiger partial charge is 0.472 e. The van der Waals surface area contributed by atoms with Gasteiger partial charge in [-0.05, 0) is 26.2 Å². The molecule has 0 aromatic carbocycles. The van der Waals surface area contributed by atoms with Crippen LogP contribution in [-0.4, -0.2) is 63.0 Å². The van der Waals surface area contributed by atoms with Crippen LogP contribution in [0.1, 0.15) is 41.9 Å². The number of nitrogens with zero attached hydrogens (tertiary/aromatic N) is 6. The fourth-order valence-electron chi connectivity index (χ4n) is 3.53. The Labute approximate surface area is 158 Å². The average molecular weight is 368 g/mol. The standard InChI is InChI=1S/C19H24N6O2/c1-14-10-21-16(11-20-14)19(26)25-8-5-15(12-25)27-18-9-17(22-13-23-18)24-6-3-2-4-7-24/h9-11,13,15H,2-8,12H2,1H3. The number of piperidine rings is 1. The van der Waals surface area contributed by atoms with Gasteiger partial charge in [-0.1, -0.05) is 0 Å². The molecule has 27 heavy (non-hydrogen) atoms. The second kappa shape index (κ2) is 7.85. The number of carbonyl (C=O) groups excluding carboxylic acids is 1. The van der Waals surface area contributed by atoms with Crippen molar-refractivity contribution in [3.8, 4) is 5.88 Å². The maximum Gasteiger partial charge on any atom is 0.274 e. The van der Waals surface area contributed by atoms with Crippen LogP contribution in [0, 0.1) is 6.92 Å². The van der Waals surface area contributed by atoms with E-state index in [9.17, 15) is 4.79 Å². The maximum atomic E-state index is 12.6. The van der Waals surface area contributed by atoms with E-state index in [1.165, 1.54) is 25.5 Å². The zero-order valence-corrected chi connectivity index (χ0v) is 15.5. The molecular weight excluding hydrogens is 344 g/mol. The Morgan fingerprint density at radius 1 is 1.07 bits per heavy atom. The van der Waals surface area contributed by atoms with Crippen molar-refractivity contribution in [1.82, 2.24) is 24.8 Å². The molecule has 8 nitrogen and oxygen atoms in total. The lowest BCUT2D eigenvalue weighted by molar-refractivity contribution is 0.0765. The van der Waals surface area contributed by atoms with E-state index in [1.807, 2.05) is 13.0 Å². The van der Waals surface area contributed by atoms with E-state index in [-0.39, 0.29) is 12.0 Å². The number of anilines is 1. The minimum absolute atomic E-state index is 0.0727. The number of rotatable bonds is 4. The fourth-order valence-corrected chi connectivity index (χ4v) is 3.53. The molecule has 2 fully saturated rings. The first-order valence-corrected chi connectivity index (χ1v) is 9.50. The van der Waals surface area contributed by atoms with Crippen molar-refractivity contribution in [2.75, 3.05) is 31.1 Å². The van der Waals surface area contributed by atoms with Crippen LogP contribution in [0.15, 0.2) is 24.8 Å². The number of hydrogen-bond acceptors (Lipinski definition) is 7. The number of carbonyl (C=O) groups is 1. The molecule has 0 radical (unpaired) electrons. The first-order chi connectivity index (χ1) is 13.2. The number of amides is 1. The van der Waals surface area contributed by atoms with Crippen LogP contribution in [0.5, 0.6) is 5.88 Å². The molecule has 142 valence electrons. The van der Waals surface area contributed by atoms with E-state index in [0.29, 0.717) is 24.7 Å². The molecule has 4 heterocycles. The smallest absolute Gasteiger partial charge is 0.274 e. The van der Waals surface area contributed by atoms with Crippen LogP contribution in [0.3, 0.4) is 0 Å². The highest BCUT2D eigenvalue weighted by atomic mass is 16.5. The summed E-state index contributed by atoms with van der Waals surface area (Å²) in [6, 6.07) is 1.90. The predicted octanol–water partition coefficient (Wildman–Crippen LogP) is 1.86. The van der Waals surface area contributed by atoms with E-state index in [2.05, 4.69) is 24.8 Å². The molecule has 0 saturated carbocycles. The van der Waals surface area contributed by atoms with Gasteiger partial charge in [0.1, 0.15) is 23.9 Å². The molecule has 2 aliphatic rings. The van der Waals surface area contributed by atoms with Gasteiger partial charge < -0.3 is 14.5 Å². The predicted molar refractivity (Wildman–Crippen MR) is 99.8 cm³/mol. The lowest BCUT2D eigenvalue weighted by Crippen LogP contribution is -2.32. The molecule has 0 spiro atoms. The van der Waals surface area contributed by atoms with Crippen LogP contribution in [0.4, 0.5) is 5.82 Å². The molecule has 2 saturated heterocycles. The van der Waals surface area contributed by atoms with Crippen molar-refractivity contribution in [3.05, 3.63) is 36.2 Å². The SMILES string of the molecule is Cc1cnc(C(=O)N2CCC(Oc3cc(N4CCCCC4)ncn3)C2)cn1. The molecule has 2 aromatic rings. The van der Waals surface area contributed by atoms with E-state index >= 15 is 0 Å². The lowest BCUT2D eigenvalue weighted by atomic mass is 10.1. The van der Waals surface area contributed by atoms with Gasteiger partial charge in [-0.2, -0.15) is 0 Å². The van der Waals surface area contributed by atoms with Gasteiger partial charge in [0, 0.05) is 38.3 Å². The molecule has 1 atom stereocenters. The summed E-state index contributed by atoms with van der Waals surface area (Å²) < 4.78 is 6.03. The third kappa shape index (κ3) is 4.15. The minimum Gasteiger partial charge on any atom is -0.472 e. The number of ether oxygens (including phenoxy) is 1. The summed E-state index contributed by atoms with van der Waals surface area (Å²) >= 11 is 0. The van der Waals surface area contributed by atoms with Gasteiger partial charge in [0.15, 0.2) is 0 Å². The minimum atomic E-state index is -0.106. The first kappa shape index (κ1) is 17.6. The summed E-state index contributed by atoms with van der Waals surface area (Å²) in [5, 5.41) is 0. The Balaban J connectivity index is 1.37. The second-order valence-electron chi connectivity index (χ2n) is 7.08. The van der Waals surface area contributed by atoms with Crippen LogP contribution < -0.4 is 9.64 Å². The number of aromatic nitrogens is 4. The van der Waals surface area contributed by atoms with Gasteiger partial charge in [0.05, 0.1) is 18.4 Å². The summed E-state index contributed by atoms with van der Waals surface area (Å²) in [6.45, 7) is 5.07. The molecule has 0 bridgehead atoms. The summed E-state index contributed by atoms with van der Waals surface area (Å²) in [5.41, 5.74) is 1.16. The molecular formula is C19H24N6O2. The number of hydrogen-bond donors (Lipinski definition) is 0. The zero-order chi connectivity index (χ0) is 18.6. The van der Waals surface area contributed by atoms with E-state index in [0.717, 1.165) is 31.0 Å². The van der Waals surface area contributed by atoms with Crippen LogP contribution in [0.25, 0.3) is 0 Å².